The van der Waals surface area contributed by atoms with Gasteiger partial charge in [0.25, 0.3) is 0 Å². The van der Waals surface area contributed by atoms with Crippen molar-refractivity contribution in [1.29, 1.82) is 0 Å². The smallest absolute Gasteiger partial charge is 0.250 e. The minimum atomic E-state index is -0.511. The van der Waals surface area contributed by atoms with Crippen LogP contribution < -0.4 is 15.2 Å². The Hall–Kier alpha value is -3.34. The minimum Gasteiger partial charge on any atom is -0.485 e. The standard InChI is InChI=1S/C21H18N2O3/c22-21(24)16-7-11-20(23-13-16)25-17-8-10-19-15(12-17)6-9-18(26-19)14-4-2-1-3-5-14/h1-5,7-8,10-13,18H,6,9H2,(H2,22,24). The highest BCUT2D eigenvalue weighted by molar-refractivity contribution is 5.92. The van der Waals surface area contributed by atoms with E-state index in [4.69, 9.17) is 15.2 Å². The molecule has 1 aromatic heterocycles. The van der Waals surface area contributed by atoms with Crippen molar-refractivity contribution in [3.8, 4) is 17.4 Å². The van der Waals surface area contributed by atoms with Crippen LogP contribution in [0.15, 0.2) is 66.9 Å². The Kier molecular flexibility index (Phi) is 4.27. The number of fused-ring (bicyclic) bond motifs is 1. The molecule has 1 aliphatic rings. The third kappa shape index (κ3) is 3.37. The van der Waals surface area contributed by atoms with Crippen molar-refractivity contribution >= 4 is 5.91 Å². The molecule has 2 N–H and O–H groups in total. The van der Waals surface area contributed by atoms with E-state index >= 15 is 0 Å². The second-order valence-corrected chi connectivity index (χ2v) is 6.18. The number of hydrogen-bond acceptors (Lipinski definition) is 4. The van der Waals surface area contributed by atoms with E-state index in [0.717, 1.165) is 24.2 Å². The van der Waals surface area contributed by atoms with E-state index < -0.39 is 5.91 Å². The van der Waals surface area contributed by atoms with Gasteiger partial charge in [0.2, 0.25) is 11.8 Å². The van der Waals surface area contributed by atoms with Crippen LogP contribution in [0.25, 0.3) is 0 Å². The molecule has 1 aliphatic heterocycles. The molecule has 1 atom stereocenters. The molecule has 5 heteroatoms. The lowest BCUT2D eigenvalue weighted by Gasteiger charge is -2.26. The summed E-state index contributed by atoms with van der Waals surface area (Å²) in [7, 11) is 0. The van der Waals surface area contributed by atoms with Gasteiger partial charge in [-0.25, -0.2) is 4.98 Å². The summed E-state index contributed by atoms with van der Waals surface area (Å²) in [6.07, 6.45) is 3.33. The quantitative estimate of drug-likeness (QED) is 0.774. The van der Waals surface area contributed by atoms with Gasteiger partial charge < -0.3 is 15.2 Å². The molecule has 2 aromatic carbocycles. The summed E-state index contributed by atoms with van der Waals surface area (Å²) in [5, 5.41) is 0. The van der Waals surface area contributed by atoms with Gasteiger partial charge in [0.15, 0.2) is 0 Å². The van der Waals surface area contributed by atoms with Crippen LogP contribution >= 0.6 is 0 Å². The molecular weight excluding hydrogens is 328 g/mol. The lowest BCUT2D eigenvalue weighted by atomic mass is 9.97. The van der Waals surface area contributed by atoms with Crippen molar-refractivity contribution in [3.05, 3.63) is 83.6 Å². The van der Waals surface area contributed by atoms with Crippen molar-refractivity contribution in [3.63, 3.8) is 0 Å². The van der Waals surface area contributed by atoms with Gasteiger partial charge in [-0.3, -0.25) is 4.79 Å². The number of pyridine rings is 1. The number of nitrogens with two attached hydrogens (primary N) is 1. The first-order valence-electron chi connectivity index (χ1n) is 8.47. The fraction of sp³-hybridized carbons (Fsp3) is 0.143. The molecule has 0 saturated carbocycles. The Morgan fingerprint density at radius 3 is 2.69 bits per heavy atom. The molecule has 0 saturated heterocycles. The number of hydrogen-bond donors (Lipinski definition) is 1. The molecule has 0 aliphatic carbocycles. The number of carbonyl (C=O) groups excluding carboxylic acids is 1. The van der Waals surface area contributed by atoms with Gasteiger partial charge in [-0.15, -0.1) is 0 Å². The van der Waals surface area contributed by atoms with Crippen molar-refractivity contribution in [2.45, 2.75) is 18.9 Å². The maximum Gasteiger partial charge on any atom is 0.250 e. The molecule has 130 valence electrons. The normalized spacial score (nSPS) is 15.6. The van der Waals surface area contributed by atoms with E-state index in [1.165, 1.54) is 11.8 Å². The average molecular weight is 346 g/mol. The molecule has 2 heterocycles. The molecule has 1 unspecified atom stereocenters. The zero-order chi connectivity index (χ0) is 17.9. The van der Waals surface area contributed by atoms with Crippen LogP contribution in [-0.2, 0) is 6.42 Å². The van der Waals surface area contributed by atoms with Crippen LogP contribution in [-0.4, -0.2) is 10.9 Å². The lowest BCUT2D eigenvalue weighted by molar-refractivity contribution is 0.1000. The highest BCUT2D eigenvalue weighted by Crippen LogP contribution is 2.37. The molecule has 4 rings (SSSR count). The first-order chi connectivity index (χ1) is 12.7. The van der Waals surface area contributed by atoms with Gasteiger partial charge in [-0.1, -0.05) is 30.3 Å². The summed E-state index contributed by atoms with van der Waals surface area (Å²) < 4.78 is 11.9. The molecule has 0 bridgehead atoms. The monoisotopic (exact) mass is 346 g/mol. The molecule has 5 nitrogen and oxygen atoms in total. The molecule has 0 radical (unpaired) electrons. The topological polar surface area (TPSA) is 74.4 Å². The Labute approximate surface area is 151 Å². The Morgan fingerprint density at radius 1 is 1.12 bits per heavy atom. The number of rotatable bonds is 4. The van der Waals surface area contributed by atoms with Gasteiger partial charge in [-0.2, -0.15) is 0 Å². The summed E-state index contributed by atoms with van der Waals surface area (Å²) in [5.41, 5.74) is 7.87. The molecule has 3 aromatic rings. The van der Waals surface area contributed by atoms with E-state index in [0.29, 0.717) is 17.2 Å². The molecule has 0 spiro atoms. The maximum absolute atomic E-state index is 11.1. The summed E-state index contributed by atoms with van der Waals surface area (Å²) in [6, 6.07) is 19.2. The van der Waals surface area contributed by atoms with Crippen LogP contribution in [0.1, 0.15) is 34.0 Å². The summed E-state index contributed by atoms with van der Waals surface area (Å²) in [4.78, 5) is 15.2. The van der Waals surface area contributed by atoms with Crippen molar-refractivity contribution in [1.82, 2.24) is 4.98 Å². The Balaban J connectivity index is 1.49. The number of amides is 1. The number of benzene rings is 2. The largest absolute Gasteiger partial charge is 0.485 e. The third-order valence-corrected chi connectivity index (χ3v) is 4.39. The summed E-state index contributed by atoms with van der Waals surface area (Å²) in [6.45, 7) is 0. The molecular formula is C21H18N2O3. The second-order valence-electron chi connectivity index (χ2n) is 6.18. The highest BCUT2D eigenvalue weighted by Gasteiger charge is 2.21. The number of aryl methyl sites for hydroxylation is 1. The Morgan fingerprint density at radius 2 is 1.96 bits per heavy atom. The predicted molar refractivity (Wildman–Crippen MR) is 97.4 cm³/mol. The predicted octanol–water partition coefficient (Wildman–Crippen LogP) is 4.04. The number of primary amides is 1. The van der Waals surface area contributed by atoms with Crippen LogP contribution in [0, 0.1) is 0 Å². The van der Waals surface area contributed by atoms with Crippen molar-refractivity contribution in [2.24, 2.45) is 5.73 Å². The van der Waals surface area contributed by atoms with Crippen LogP contribution in [0.4, 0.5) is 0 Å². The van der Waals surface area contributed by atoms with Crippen molar-refractivity contribution < 1.29 is 14.3 Å². The first kappa shape index (κ1) is 16.1. The summed E-state index contributed by atoms with van der Waals surface area (Å²) >= 11 is 0. The highest BCUT2D eigenvalue weighted by atomic mass is 16.5. The number of aromatic nitrogens is 1. The zero-order valence-corrected chi connectivity index (χ0v) is 14.1. The first-order valence-corrected chi connectivity index (χ1v) is 8.47. The van der Waals surface area contributed by atoms with E-state index in [2.05, 4.69) is 17.1 Å². The minimum absolute atomic E-state index is 0.0819. The zero-order valence-electron chi connectivity index (χ0n) is 14.1. The van der Waals surface area contributed by atoms with Crippen LogP contribution in [0.5, 0.6) is 17.4 Å². The summed E-state index contributed by atoms with van der Waals surface area (Å²) in [5.74, 6) is 1.47. The fourth-order valence-corrected chi connectivity index (χ4v) is 3.04. The molecule has 1 amide bonds. The maximum atomic E-state index is 11.1. The van der Waals surface area contributed by atoms with Gasteiger partial charge >= 0.3 is 0 Å². The second kappa shape index (κ2) is 6.88. The lowest BCUT2D eigenvalue weighted by Crippen LogP contribution is -2.15. The molecule has 0 fully saturated rings. The van der Waals surface area contributed by atoms with Gasteiger partial charge in [-0.05, 0) is 48.2 Å². The van der Waals surface area contributed by atoms with E-state index in [-0.39, 0.29) is 6.10 Å². The van der Waals surface area contributed by atoms with Gasteiger partial charge in [0, 0.05) is 12.3 Å². The van der Waals surface area contributed by atoms with Crippen LogP contribution in [0.2, 0.25) is 0 Å². The third-order valence-electron chi connectivity index (χ3n) is 4.39. The number of ether oxygens (including phenoxy) is 2. The average Bonchev–Trinajstić information content (AvgIpc) is 2.69. The number of carbonyl (C=O) groups is 1. The van der Waals surface area contributed by atoms with E-state index in [9.17, 15) is 4.79 Å². The van der Waals surface area contributed by atoms with E-state index in [1.807, 2.05) is 36.4 Å². The van der Waals surface area contributed by atoms with Crippen LogP contribution in [0.3, 0.4) is 0 Å². The fourth-order valence-electron chi connectivity index (χ4n) is 3.04. The SMILES string of the molecule is NC(=O)c1ccc(Oc2ccc3c(c2)CCC(c2ccccc2)O3)nc1. The molecule has 26 heavy (non-hydrogen) atoms. The van der Waals surface area contributed by atoms with Gasteiger partial charge in [0.05, 0.1) is 5.56 Å². The number of nitrogens with zero attached hydrogens (tertiary/aromatic N) is 1. The Bertz CT molecular complexity index is 924. The van der Waals surface area contributed by atoms with E-state index in [1.54, 1.807) is 12.1 Å². The van der Waals surface area contributed by atoms with Crippen molar-refractivity contribution in [2.75, 3.05) is 0 Å². The van der Waals surface area contributed by atoms with Gasteiger partial charge in [0.1, 0.15) is 17.6 Å².